The third kappa shape index (κ3) is 1.26. The molecule has 2 nitrogen and oxygen atoms in total. The smallest absolute Gasteiger partial charge is 0.0315 e. The van der Waals surface area contributed by atoms with Crippen molar-refractivity contribution >= 4 is 0 Å². The topological polar surface area (TPSA) is 38.9 Å². The van der Waals surface area contributed by atoms with Crippen LogP contribution in [0.25, 0.3) is 0 Å². The van der Waals surface area contributed by atoms with Crippen molar-refractivity contribution < 1.29 is 0 Å². The van der Waals surface area contributed by atoms with E-state index in [0.29, 0.717) is 6.54 Å². The molecule has 1 heterocycles. The number of nitrogens with two attached hydrogens (primary N) is 1. The molecule has 1 aliphatic rings. The maximum atomic E-state index is 5.58. The van der Waals surface area contributed by atoms with Crippen molar-refractivity contribution in [1.29, 1.82) is 0 Å². The summed E-state index contributed by atoms with van der Waals surface area (Å²) in [5, 5.41) is 0. The molecular formula is C9H12N2. The van der Waals surface area contributed by atoms with Crippen molar-refractivity contribution in [3.05, 3.63) is 29.6 Å². The molecule has 1 aromatic heterocycles. The van der Waals surface area contributed by atoms with Gasteiger partial charge in [0, 0.05) is 18.9 Å². The Labute approximate surface area is 66.4 Å². The summed E-state index contributed by atoms with van der Waals surface area (Å²) >= 11 is 0. The quantitative estimate of drug-likeness (QED) is 0.688. The monoisotopic (exact) mass is 148 g/mol. The Bertz CT molecular complexity index is 253. The van der Waals surface area contributed by atoms with Gasteiger partial charge in [-0.15, -0.1) is 0 Å². The molecule has 58 valence electrons. The minimum Gasteiger partial charge on any atom is -0.326 e. The first-order valence-electron chi connectivity index (χ1n) is 4.04. The van der Waals surface area contributed by atoms with Crippen molar-refractivity contribution in [2.75, 3.05) is 0 Å². The zero-order valence-electron chi connectivity index (χ0n) is 6.46. The molecule has 1 aromatic rings. The second-order valence-corrected chi connectivity index (χ2v) is 3.05. The van der Waals surface area contributed by atoms with Gasteiger partial charge in [-0.2, -0.15) is 0 Å². The van der Waals surface area contributed by atoms with Gasteiger partial charge in [0.2, 0.25) is 0 Å². The van der Waals surface area contributed by atoms with Gasteiger partial charge in [0.1, 0.15) is 0 Å². The molecule has 0 bridgehead atoms. The number of nitrogens with zero attached hydrogens (tertiary/aromatic N) is 1. The summed E-state index contributed by atoms with van der Waals surface area (Å²) in [7, 11) is 0. The molecular weight excluding hydrogens is 136 g/mol. The molecule has 0 spiro atoms. The number of aromatic nitrogens is 1. The average molecular weight is 148 g/mol. The lowest BCUT2D eigenvalue weighted by atomic mass is 10.1. The van der Waals surface area contributed by atoms with Crippen LogP contribution in [0.15, 0.2) is 18.5 Å². The predicted molar refractivity (Wildman–Crippen MR) is 44.1 cm³/mol. The van der Waals surface area contributed by atoms with E-state index >= 15 is 0 Å². The molecule has 0 aliphatic heterocycles. The van der Waals surface area contributed by atoms with E-state index in [9.17, 15) is 0 Å². The Morgan fingerprint density at radius 3 is 3.00 bits per heavy atom. The molecule has 2 heteroatoms. The van der Waals surface area contributed by atoms with Crippen LogP contribution in [0.3, 0.4) is 0 Å². The van der Waals surface area contributed by atoms with Gasteiger partial charge in [-0.05, 0) is 36.0 Å². The Balaban J connectivity index is 2.34. The van der Waals surface area contributed by atoms with Crippen LogP contribution in [0, 0.1) is 0 Å². The molecule has 0 unspecified atom stereocenters. The van der Waals surface area contributed by atoms with E-state index in [4.69, 9.17) is 5.73 Å². The maximum Gasteiger partial charge on any atom is 0.0315 e. The Morgan fingerprint density at radius 2 is 2.36 bits per heavy atom. The highest BCUT2D eigenvalue weighted by Gasteiger charge is 2.25. The molecule has 1 saturated carbocycles. The molecule has 1 fully saturated rings. The van der Waals surface area contributed by atoms with Gasteiger partial charge >= 0.3 is 0 Å². The van der Waals surface area contributed by atoms with Crippen LogP contribution in [0.5, 0.6) is 0 Å². The highest BCUT2D eigenvalue weighted by atomic mass is 14.6. The zero-order valence-corrected chi connectivity index (χ0v) is 6.46. The largest absolute Gasteiger partial charge is 0.326 e. The van der Waals surface area contributed by atoms with Crippen molar-refractivity contribution in [2.24, 2.45) is 5.73 Å². The Morgan fingerprint density at radius 1 is 1.55 bits per heavy atom. The van der Waals surface area contributed by atoms with E-state index in [1.54, 1.807) is 0 Å². The van der Waals surface area contributed by atoms with Crippen LogP contribution >= 0.6 is 0 Å². The molecule has 0 saturated heterocycles. The van der Waals surface area contributed by atoms with E-state index < -0.39 is 0 Å². The fourth-order valence-electron chi connectivity index (χ4n) is 1.40. The standard InChI is InChI=1S/C9H12N2/c10-5-8-6-11-4-3-9(8)7-1-2-7/h3-4,6-7H,1-2,5,10H2. The van der Waals surface area contributed by atoms with Gasteiger partial charge in [-0.1, -0.05) is 0 Å². The van der Waals surface area contributed by atoms with Gasteiger partial charge in [-0.3, -0.25) is 4.98 Å². The average Bonchev–Trinajstić information content (AvgIpc) is 2.87. The predicted octanol–water partition coefficient (Wildman–Crippen LogP) is 1.42. The second-order valence-electron chi connectivity index (χ2n) is 3.05. The normalized spacial score (nSPS) is 16.8. The molecule has 0 aromatic carbocycles. The minimum absolute atomic E-state index is 0.625. The minimum atomic E-state index is 0.625. The Hall–Kier alpha value is -0.890. The number of rotatable bonds is 2. The molecule has 0 amide bonds. The summed E-state index contributed by atoms with van der Waals surface area (Å²) in [4.78, 5) is 4.05. The van der Waals surface area contributed by atoms with Crippen LogP contribution in [-0.2, 0) is 6.54 Å². The van der Waals surface area contributed by atoms with Gasteiger partial charge < -0.3 is 5.73 Å². The third-order valence-electron chi connectivity index (χ3n) is 2.18. The number of hydrogen-bond acceptors (Lipinski definition) is 2. The lowest BCUT2D eigenvalue weighted by molar-refractivity contribution is 0.976. The fraction of sp³-hybridized carbons (Fsp3) is 0.444. The molecule has 2 N–H and O–H groups in total. The van der Waals surface area contributed by atoms with E-state index in [2.05, 4.69) is 11.1 Å². The molecule has 11 heavy (non-hydrogen) atoms. The van der Waals surface area contributed by atoms with Crippen molar-refractivity contribution in [2.45, 2.75) is 25.3 Å². The summed E-state index contributed by atoms with van der Waals surface area (Å²) in [5.41, 5.74) is 8.21. The van der Waals surface area contributed by atoms with E-state index in [1.165, 1.54) is 24.0 Å². The van der Waals surface area contributed by atoms with Crippen LogP contribution in [0.4, 0.5) is 0 Å². The lowest BCUT2D eigenvalue weighted by Crippen LogP contribution is -2.00. The van der Waals surface area contributed by atoms with E-state index in [-0.39, 0.29) is 0 Å². The van der Waals surface area contributed by atoms with Gasteiger partial charge in [0.15, 0.2) is 0 Å². The highest BCUT2D eigenvalue weighted by Crippen LogP contribution is 2.41. The number of pyridine rings is 1. The van der Waals surface area contributed by atoms with Gasteiger partial charge in [0.05, 0.1) is 0 Å². The van der Waals surface area contributed by atoms with Crippen LogP contribution in [-0.4, -0.2) is 4.98 Å². The van der Waals surface area contributed by atoms with Crippen LogP contribution < -0.4 is 5.73 Å². The summed E-state index contributed by atoms with van der Waals surface area (Å²) in [5.74, 6) is 0.788. The molecule has 2 rings (SSSR count). The van der Waals surface area contributed by atoms with Crippen molar-refractivity contribution in [3.63, 3.8) is 0 Å². The fourth-order valence-corrected chi connectivity index (χ4v) is 1.40. The second kappa shape index (κ2) is 2.62. The first-order chi connectivity index (χ1) is 5.42. The van der Waals surface area contributed by atoms with Crippen LogP contribution in [0.2, 0.25) is 0 Å². The zero-order chi connectivity index (χ0) is 7.68. The Kier molecular flexibility index (Phi) is 1.62. The first-order valence-corrected chi connectivity index (χ1v) is 4.04. The molecule has 0 atom stereocenters. The van der Waals surface area contributed by atoms with Gasteiger partial charge in [-0.25, -0.2) is 0 Å². The van der Waals surface area contributed by atoms with E-state index in [1.807, 2.05) is 12.4 Å². The summed E-state index contributed by atoms with van der Waals surface area (Å²) in [6, 6.07) is 2.10. The number of hydrogen-bond donors (Lipinski definition) is 1. The van der Waals surface area contributed by atoms with Crippen LogP contribution in [0.1, 0.15) is 29.9 Å². The SMILES string of the molecule is NCc1cnccc1C1CC1. The lowest BCUT2D eigenvalue weighted by Gasteiger charge is -2.03. The van der Waals surface area contributed by atoms with Crippen molar-refractivity contribution in [3.8, 4) is 0 Å². The maximum absolute atomic E-state index is 5.58. The summed E-state index contributed by atoms with van der Waals surface area (Å²) in [6.45, 7) is 0.625. The molecule has 1 aliphatic carbocycles. The summed E-state index contributed by atoms with van der Waals surface area (Å²) in [6.07, 6.45) is 6.40. The van der Waals surface area contributed by atoms with E-state index in [0.717, 1.165) is 5.92 Å². The first kappa shape index (κ1) is 6.80. The summed E-state index contributed by atoms with van der Waals surface area (Å²) < 4.78 is 0. The highest BCUT2D eigenvalue weighted by molar-refractivity contribution is 5.30. The third-order valence-corrected chi connectivity index (χ3v) is 2.18. The molecule has 0 radical (unpaired) electrons. The van der Waals surface area contributed by atoms with Gasteiger partial charge in [0.25, 0.3) is 0 Å². The van der Waals surface area contributed by atoms with Crippen molar-refractivity contribution in [1.82, 2.24) is 4.98 Å².